The first-order valence-corrected chi connectivity index (χ1v) is 22.6. The Morgan fingerprint density at radius 2 is 1.05 bits per heavy atom. The van der Waals surface area contributed by atoms with Gasteiger partial charge in [-0.1, -0.05) is 84.3 Å². The summed E-state index contributed by atoms with van der Waals surface area (Å²) in [5.74, 6) is 0. The zero-order chi connectivity index (χ0) is 40.5. The van der Waals surface area contributed by atoms with Crippen molar-refractivity contribution >= 4 is 53.2 Å². The number of anilines is 2. The maximum atomic E-state index is 12.8. The Morgan fingerprint density at radius 1 is 0.534 bits per heavy atom. The topological polar surface area (TPSA) is 134 Å². The number of pyridine rings is 3. The van der Waals surface area contributed by atoms with Crippen LogP contribution in [0.1, 0.15) is 53.9 Å². The fourth-order valence-electron chi connectivity index (χ4n) is 6.95. The molecule has 58 heavy (non-hydrogen) atoms. The normalized spacial score (nSPS) is 13.5. The van der Waals surface area contributed by atoms with E-state index in [-0.39, 0.29) is 9.79 Å². The largest absolute Gasteiger partial charge is 0.298 e. The molecule has 4 heterocycles. The Balaban J connectivity index is 0.000000177. The van der Waals surface area contributed by atoms with E-state index in [1.807, 2.05) is 80.6 Å². The maximum Gasteiger partial charge on any atom is 0.261 e. The number of nitrogens with one attached hydrogen (secondary N) is 2. The average molecular weight is 813 g/mol. The van der Waals surface area contributed by atoms with Crippen LogP contribution in [-0.2, 0) is 39.4 Å². The zero-order valence-electron chi connectivity index (χ0n) is 32.8. The Morgan fingerprint density at radius 3 is 1.59 bits per heavy atom. The van der Waals surface area contributed by atoms with Gasteiger partial charge in [-0.25, -0.2) is 21.8 Å². The van der Waals surface area contributed by atoms with Crippen molar-refractivity contribution in [3.8, 4) is 0 Å². The second kappa shape index (κ2) is 18.3. The van der Waals surface area contributed by atoms with Crippen molar-refractivity contribution in [2.24, 2.45) is 0 Å². The van der Waals surface area contributed by atoms with E-state index in [2.05, 4.69) is 19.3 Å². The molecule has 7 aromatic rings. The van der Waals surface area contributed by atoms with Gasteiger partial charge in [0.1, 0.15) is 0 Å². The summed E-state index contributed by atoms with van der Waals surface area (Å²) in [6.07, 6.45) is 8.16. The van der Waals surface area contributed by atoms with Gasteiger partial charge in [0.25, 0.3) is 20.0 Å². The van der Waals surface area contributed by atoms with Crippen molar-refractivity contribution in [3.63, 3.8) is 0 Å². The van der Waals surface area contributed by atoms with Crippen molar-refractivity contribution in [2.75, 3.05) is 22.5 Å². The fourth-order valence-corrected chi connectivity index (χ4v) is 9.09. The van der Waals surface area contributed by atoms with E-state index in [9.17, 15) is 16.8 Å². The Labute approximate surface area is 341 Å². The minimum atomic E-state index is -3.69. The fraction of sp³-hybridized carbons (Fsp3) is 0.239. The van der Waals surface area contributed by atoms with E-state index in [4.69, 9.17) is 9.97 Å². The summed E-state index contributed by atoms with van der Waals surface area (Å²) in [6, 6.07) is 38.7. The molecular formula is C46H48N6O4S2. The van der Waals surface area contributed by atoms with E-state index >= 15 is 0 Å². The molecule has 4 aromatic carbocycles. The molecule has 0 bridgehead atoms. The SMILES string of the molecule is Cc1ccc(S(=O)(=O)Nc2cccc3ccc(CCCc4ccccn4)nc23)cc1.Cc1ccc(S(=O)(=O)Nc2cccc3ccc(CN4CCCCC4)nc23)cc1. The molecule has 1 saturated heterocycles. The number of piperidine rings is 1. The highest BCUT2D eigenvalue weighted by atomic mass is 32.2. The lowest BCUT2D eigenvalue weighted by Crippen LogP contribution is -2.29. The summed E-state index contributed by atoms with van der Waals surface area (Å²) in [5.41, 5.74) is 7.33. The third-order valence-corrected chi connectivity index (χ3v) is 12.9. The Kier molecular flexibility index (Phi) is 12.8. The van der Waals surface area contributed by atoms with Crippen molar-refractivity contribution < 1.29 is 16.8 Å². The predicted molar refractivity (Wildman–Crippen MR) is 233 cm³/mol. The number of benzene rings is 4. The monoisotopic (exact) mass is 812 g/mol. The lowest BCUT2D eigenvalue weighted by molar-refractivity contribution is 0.219. The van der Waals surface area contributed by atoms with Gasteiger partial charge in [-0.15, -0.1) is 0 Å². The predicted octanol–water partition coefficient (Wildman–Crippen LogP) is 9.24. The van der Waals surface area contributed by atoms with Crippen LogP contribution in [0.5, 0.6) is 0 Å². The smallest absolute Gasteiger partial charge is 0.261 e. The molecular weight excluding hydrogens is 765 g/mol. The van der Waals surface area contributed by atoms with Gasteiger partial charge < -0.3 is 0 Å². The number of hydrogen-bond donors (Lipinski definition) is 2. The van der Waals surface area contributed by atoms with Crippen molar-refractivity contribution in [3.05, 3.63) is 162 Å². The Hall–Kier alpha value is -5.69. The molecule has 10 nitrogen and oxygen atoms in total. The summed E-state index contributed by atoms with van der Waals surface area (Å²) >= 11 is 0. The van der Waals surface area contributed by atoms with Crippen LogP contribution in [-0.4, -0.2) is 49.8 Å². The molecule has 298 valence electrons. The first kappa shape index (κ1) is 40.5. The van der Waals surface area contributed by atoms with E-state index in [1.54, 1.807) is 66.9 Å². The minimum Gasteiger partial charge on any atom is -0.298 e. The molecule has 12 heteroatoms. The number of fused-ring (bicyclic) bond motifs is 2. The van der Waals surface area contributed by atoms with Crippen LogP contribution in [0.25, 0.3) is 21.8 Å². The number of para-hydroxylation sites is 2. The van der Waals surface area contributed by atoms with Crippen LogP contribution in [0.2, 0.25) is 0 Å². The number of aryl methyl sites for hydroxylation is 4. The number of hydrogen-bond acceptors (Lipinski definition) is 8. The molecule has 8 rings (SSSR count). The van der Waals surface area contributed by atoms with Crippen LogP contribution in [0.3, 0.4) is 0 Å². The minimum absolute atomic E-state index is 0.233. The molecule has 1 aliphatic rings. The third kappa shape index (κ3) is 10.4. The molecule has 1 aliphatic heterocycles. The lowest BCUT2D eigenvalue weighted by atomic mass is 10.1. The molecule has 0 atom stereocenters. The van der Waals surface area contributed by atoms with Gasteiger partial charge in [0.2, 0.25) is 0 Å². The summed E-state index contributed by atoms with van der Waals surface area (Å²) in [7, 11) is -7.35. The molecule has 0 spiro atoms. The van der Waals surface area contributed by atoms with E-state index in [0.29, 0.717) is 22.4 Å². The van der Waals surface area contributed by atoms with Gasteiger partial charge in [-0.05, 0) is 120 Å². The molecule has 3 aromatic heterocycles. The van der Waals surface area contributed by atoms with Crippen molar-refractivity contribution in [2.45, 2.75) is 68.7 Å². The van der Waals surface area contributed by atoms with Gasteiger partial charge >= 0.3 is 0 Å². The van der Waals surface area contributed by atoms with Gasteiger partial charge in [0.05, 0.1) is 37.9 Å². The molecule has 0 aliphatic carbocycles. The third-order valence-electron chi connectivity index (χ3n) is 10.1. The molecule has 0 unspecified atom stereocenters. The van der Waals surface area contributed by atoms with Gasteiger partial charge in [0.15, 0.2) is 0 Å². The Bertz CT molecular complexity index is 2710. The van der Waals surface area contributed by atoms with Crippen molar-refractivity contribution in [1.82, 2.24) is 19.9 Å². The zero-order valence-corrected chi connectivity index (χ0v) is 34.4. The molecule has 2 N–H and O–H groups in total. The van der Waals surface area contributed by atoms with Crippen molar-refractivity contribution in [1.29, 1.82) is 0 Å². The van der Waals surface area contributed by atoms with Crippen LogP contribution >= 0.6 is 0 Å². The van der Waals surface area contributed by atoms with Crippen LogP contribution < -0.4 is 9.44 Å². The lowest BCUT2D eigenvalue weighted by Gasteiger charge is -2.26. The number of aromatic nitrogens is 3. The molecule has 1 fully saturated rings. The maximum absolute atomic E-state index is 12.8. The van der Waals surface area contributed by atoms with E-state index in [1.165, 1.54) is 19.3 Å². The number of rotatable bonds is 12. The number of nitrogens with zero attached hydrogens (tertiary/aromatic N) is 4. The molecule has 0 saturated carbocycles. The van der Waals surface area contributed by atoms with E-state index < -0.39 is 20.0 Å². The van der Waals surface area contributed by atoms with Gasteiger partial charge in [-0.2, -0.15) is 0 Å². The van der Waals surface area contributed by atoms with E-state index in [0.717, 1.165) is 77.9 Å². The summed E-state index contributed by atoms with van der Waals surface area (Å²) < 4.78 is 56.7. The second-order valence-electron chi connectivity index (χ2n) is 14.7. The second-order valence-corrected chi connectivity index (χ2v) is 18.1. The standard InChI is InChI=1S/C24H23N3O2S.C22H25N3O2S/c1-18-11-15-22(16-12-18)30(28,29)27-23-10-4-6-19-13-14-21(26-24(19)23)9-5-8-20-7-2-3-17-25-20;1-17-8-12-20(13-9-17)28(26,27)24-21-7-5-6-18-10-11-19(23-22(18)21)16-25-14-3-2-4-15-25/h2-4,6-7,10-17,27H,5,8-9H2,1H3;5-13,24H,2-4,14-16H2,1H3. The summed E-state index contributed by atoms with van der Waals surface area (Å²) in [4.78, 5) is 16.8. The van der Waals surface area contributed by atoms with Crippen LogP contribution in [0, 0.1) is 13.8 Å². The highest BCUT2D eigenvalue weighted by Gasteiger charge is 2.18. The summed E-state index contributed by atoms with van der Waals surface area (Å²) in [5, 5.41) is 1.82. The highest BCUT2D eigenvalue weighted by Crippen LogP contribution is 2.27. The first-order valence-electron chi connectivity index (χ1n) is 19.6. The van der Waals surface area contributed by atoms with Gasteiger partial charge in [0, 0.05) is 34.9 Å². The van der Waals surface area contributed by atoms with Gasteiger partial charge in [-0.3, -0.25) is 24.3 Å². The molecule has 0 radical (unpaired) electrons. The molecule has 0 amide bonds. The highest BCUT2D eigenvalue weighted by molar-refractivity contribution is 7.93. The number of sulfonamides is 2. The van der Waals surface area contributed by atoms with Crippen LogP contribution in [0.15, 0.2) is 143 Å². The number of likely N-dealkylation sites (tertiary alicyclic amines) is 1. The quantitative estimate of drug-likeness (QED) is 0.125. The average Bonchev–Trinajstić information content (AvgIpc) is 3.22. The first-order chi connectivity index (χ1) is 28.0. The summed E-state index contributed by atoms with van der Waals surface area (Å²) in [6.45, 7) is 6.86. The van der Waals surface area contributed by atoms with Crippen LogP contribution in [0.4, 0.5) is 11.4 Å².